The molecular formula is C12H19NO2. The van der Waals surface area contributed by atoms with Crippen molar-refractivity contribution in [2.24, 2.45) is 23.5 Å². The van der Waals surface area contributed by atoms with Crippen LogP contribution in [-0.2, 0) is 4.74 Å². The van der Waals surface area contributed by atoms with Crippen LogP contribution in [0.2, 0.25) is 0 Å². The lowest BCUT2D eigenvalue weighted by molar-refractivity contribution is 0.147. The first kappa shape index (κ1) is 10.5. The zero-order valence-electron chi connectivity index (χ0n) is 9.24. The Balaban J connectivity index is 1.81. The van der Waals surface area contributed by atoms with Crippen LogP contribution < -0.4 is 5.73 Å². The average Bonchev–Trinajstić information content (AvgIpc) is 2.80. The first-order chi connectivity index (χ1) is 7.18. The van der Waals surface area contributed by atoms with Crippen LogP contribution in [0.4, 0.5) is 4.79 Å². The molecule has 0 aromatic carbocycles. The fraction of sp³-hybridized carbons (Fsp3) is 0.750. The number of allylic oxidation sites excluding steroid dienone is 2. The number of carbonyl (C=O) groups excluding carboxylic acids is 1. The van der Waals surface area contributed by atoms with Crippen LogP contribution in [0.15, 0.2) is 11.6 Å². The first-order valence-electron chi connectivity index (χ1n) is 5.76. The van der Waals surface area contributed by atoms with Crippen LogP contribution in [0, 0.1) is 17.8 Å². The molecule has 2 rings (SSSR count). The fourth-order valence-corrected chi connectivity index (χ4v) is 2.82. The van der Waals surface area contributed by atoms with Gasteiger partial charge in [0.25, 0.3) is 0 Å². The number of hydrogen-bond donors (Lipinski definition) is 1. The smallest absolute Gasteiger partial charge is 0.404 e. The van der Waals surface area contributed by atoms with Crippen LogP contribution in [0.25, 0.3) is 0 Å². The van der Waals surface area contributed by atoms with Gasteiger partial charge in [-0.25, -0.2) is 4.79 Å². The maximum atomic E-state index is 10.5. The third-order valence-electron chi connectivity index (χ3n) is 3.79. The highest BCUT2D eigenvalue weighted by Crippen LogP contribution is 2.53. The molecule has 1 amide bonds. The molecule has 0 saturated heterocycles. The lowest BCUT2D eigenvalue weighted by Gasteiger charge is -2.05. The largest absolute Gasteiger partial charge is 0.449 e. The summed E-state index contributed by atoms with van der Waals surface area (Å²) in [5, 5.41) is 0. The van der Waals surface area contributed by atoms with E-state index in [1.165, 1.54) is 31.3 Å². The van der Waals surface area contributed by atoms with Crippen LogP contribution in [0.3, 0.4) is 0 Å². The summed E-state index contributed by atoms with van der Waals surface area (Å²) in [6.07, 6.45) is 6.59. The van der Waals surface area contributed by atoms with Gasteiger partial charge in [-0.15, -0.1) is 0 Å². The predicted molar refractivity (Wildman–Crippen MR) is 58.2 cm³/mol. The molecule has 0 bridgehead atoms. The summed E-state index contributed by atoms with van der Waals surface area (Å²) in [6.45, 7) is 2.74. The third kappa shape index (κ3) is 2.52. The number of carbonyl (C=O) groups is 1. The van der Waals surface area contributed by atoms with Crippen molar-refractivity contribution in [2.75, 3.05) is 6.61 Å². The Bertz CT molecular complexity index is 285. The van der Waals surface area contributed by atoms with E-state index in [-0.39, 0.29) is 0 Å². The molecule has 1 fully saturated rings. The van der Waals surface area contributed by atoms with Crippen molar-refractivity contribution < 1.29 is 9.53 Å². The van der Waals surface area contributed by atoms with Crippen LogP contribution in [0.1, 0.15) is 32.6 Å². The molecule has 0 aliphatic heterocycles. The van der Waals surface area contributed by atoms with E-state index in [0.29, 0.717) is 12.5 Å². The molecule has 2 aliphatic rings. The minimum absolute atomic E-state index is 0.531. The summed E-state index contributed by atoms with van der Waals surface area (Å²) in [5.41, 5.74) is 6.48. The number of fused-ring (bicyclic) bond motifs is 1. The molecule has 15 heavy (non-hydrogen) atoms. The Morgan fingerprint density at radius 2 is 2.27 bits per heavy atom. The SMILES string of the molecule is CC1=CCCC2C(CC1)[C@@H]2COC(N)=O. The van der Waals surface area contributed by atoms with Gasteiger partial charge in [-0.1, -0.05) is 11.6 Å². The zero-order chi connectivity index (χ0) is 10.8. The minimum Gasteiger partial charge on any atom is -0.449 e. The van der Waals surface area contributed by atoms with E-state index in [4.69, 9.17) is 10.5 Å². The summed E-state index contributed by atoms with van der Waals surface area (Å²) in [5.74, 6) is 2.12. The number of primary amides is 1. The van der Waals surface area contributed by atoms with Gasteiger partial charge in [-0.05, 0) is 50.4 Å². The molecule has 0 heterocycles. The van der Waals surface area contributed by atoms with Gasteiger partial charge in [-0.3, -0.25) is 0 Å². The van der Waals surface area contributed by atoms with Gasteiger partial charge in [0.2, 0.25) is 0 Å². The average molecular weight is 209 g/mol. The van der Waals surface area contributed by atoms with E-state index in [1.807, 2.05) is 0 Å². The second-order valence-electron chi connectivity index (χ2n) is 4.79. The highest BCUT2D eigenvalue weighted by atomic mass is 16.5. The quantitative estimate of drug-likeness (QED) is 0.710. The Morgan fingerprint density at radius 3 is 3.00 bits per heavy atom. The van der Waals surface area contributed by atoms with E-state index in [2.05, 4.69) is 13.0 Å². The highest BCUT2D eigenvalue weighted by Gasteiger charge is 2.49. The summed E-state index contributed by atoms with van der Waals surface area (Å²) < 4.78 is 4.89. The molecule has 3 heteroatoms. The maximum Gasteiger partial charge on any atom is 0.404 e. The van der Waals surface area contributed by atoms with Gasteiger partial charge in [0.1, 0.15) is 0 Å². The third-order valence-corrected chi connectivity index (χ3v) is 3.79. The van der Waals surface area contributed by atoms with Gasteiger partial charge >= 0.3 is 6.09 Å². The van der Waals surface area contributed by atoms with Crippen molar-refractivity contribution in [3.05, 3.63) is 11.6 Å². The van der Waals surface area contributed by atoms with E-state index in [9.17, 15) is 4.79 Å². The number of amides is 1. The molecule has 3 nitrogen and oxygen atoms in total. The molecular weight excluding hydrogens is 190 g/mol. The maximum absolute atomic E-state index is 10.5. The zero-order valence-corrected chi connectivity index (χ0v) is 9.24. The molecule has 0 spiro atoms. The summed E-state index contributed by atoms with van der Waals surface area (Å²) in [6, 6.07) is 0. The lowest BCUT2D eigenvalue weighted by atomic mass is 10.0. The van der Waals surface area contributed by atoms with Crippen LogP contribution in [-0.4, -0.2) is 12.7 Å². The fourth-order valence-electron chi connectivity index (χ4n) is 2.82. The topological polar surface area (TPSA) is 52.3 Å². The van der Waals surface area contributed by atoms with Gasteiger partial charge in [0.05, 0.1) is 6.61 Å². The Kier molecular flexibility index (Phi) is 2.98. The predicted octanol–water partition coefficient (Wildman–Crippen LogP) is 2.46. The molecule has 2 N–H and O–H groups in total. The number of ether oxygens (including phenoxy) is 1. The number of rotatable bonds is 2. The second kappa shape index (κ2) is 4.25. The minimum atomic E-state index is -0.636. The van der Waals surface area contributed by atoms with Crippen LogP contribution >= 0.6 is 0 Å². The van der Waals surface area contributed by atoms with E-state index in [1.54, 1.807) is 0 Å². The lowest BCUT2D eigenvalue weighted by Crippen LogP contribution is -2.15. The Labute approximate surface area is 90.7 Å². The Hall–Kier alpha value is -0.990. The number of hydrogen-bond acceptors (Lipinski definition) is 2. The summed E-state index contributed by atoms with van der Waals surface area (Å²) in [4.78, 5) is 10.5. The Morgan fingerprint density at radius 1 is 1.53 bits per heavy atom. The van der Waals surface area contributed by atoms with E-state index >= 15 is 0 Å². The van der Waals surface area contributed by atoms with E-state index in [0.717, 1.165) is 11.8 Å². The molecule has 84 valence electrons. The van der Waals surface area contributed by atoms with Gasteiger partial charge in [-0.2, -0.15) is 0 Å². The molecule has 0 aromatic rings. The van der Waals surface area contributed by atoms with Crippen molar-refractivity contribution in [1.29, 1.82) is 0 Å². The number of nitrogens with two attached hydrogens (primary N) is 1. The van der Waals surface area contributed by atoms with Crippen molar-refractivity contribution in [3.63, 3.8) is 0 Å². The van der Waals surface area contributed by atoms with Gasteiger partial charge in [0, 0.05) is 0 Å². The van der Waals surface area contributed by atoms with Crippen molar-refractivity contribution in [1.82, 2.24) is 0 Å². The highest BCUT2D eigenvalue weighted by molar-refractivity contribution is 5.64. The van der Waals surface area contributed by atoms with E-state index < -0.39 is 6.09 Å². The molecule has 3 atom stereocenters. The van der Waals surface area contributed by atoms with Gasteiger partial charge in [0.15, 0.2) is 0 Å². The normalized spacial score (nSPS) is 34.5. The molecule has 0 radical (unpaired) electrons. The van der Waals surface area contributed by atoms with Crippen LogP contribution in [0.5, 0.6) is 0 Å². The van der Waals surface area contributed by atoms with Crippen molar-refractivity contribution in [3.8, 4) is 0 Å². The monoisotopic (exact) mass is 209 g/mol. The van der Waals surface area contributed by atoms with Gasteiger partial charge < -0.3 is 10.5 Å². The second-order valence-corrected chi connectivity index (χ2v) is 4.79. The molecule has 2 aliphatic carbocycles. The molecule has 1 saturated carbocycles. The van der Waals surface area contributed by atoms with Crippen molar-refractivity contribution in [2.45, 2.75) is 32.6 Å². The summed E-state index contributed by atoms with van der Waals surface area (Å²) >= 11 is 0. The standard InChI is InChI=1S/C12H19NO2/c1-8-3-2-4-9-10(6-5-8)11(9)7-15-12(13)14/h3,9-11H,2,4-7H2,1H3,(H2,13,14)/t9?,10?,11-/m1/s1. The first-order valence-corrected chi connectivity index (χ1v) is 5.76. The molecule has 0 aromatic heterocycles. The summed E-state index contributed by atoms with van der Waals surface area (Å²) in [7, 11) is 0. The van der Waals surface area contributed by atoms with Crippen molar-refractivity contribution >= 4 is 6.09 Å². The molecule has 2 unspecified atom stereocenters.